The summed E-state index contributed by atoms with van der Waals surface area (Å²) in [5.74, 6) is 1.59. The summed E-state index contributed by atoms with van der Waals surface area (Å²) in [6.07, 6.45) is 9.24. The largest absolute Gasteiger partial charge is 0.348 e. The van der Waals surface area contributed by atoms with Gasteiger partial charge in [0.15, 0.2) is 5.13 Å². The molecule has 1 saturated heterocycles. The molecule has 0 radical (unpaired) electrons. The standard InChI is InChI=1S/C23H25N5S/c1-16-8-10-27(11-9-16)23-26-21(19-6-4-17(12-24)5-7-19)22(29-23)20-13-25-28(15-20)14-18-2-3-18/h4-7,13,15-16,18H,2-3,8-11,14H2,1H3. The molecule has 0 atom stereocenters. The third kappa shape index (κ3) is 3.92. The van der Waals surface area contributed by atoms with Crippen molar-refractivity contribution in [2.45, 2.75) is 39.2 Å². The van der Waals surface area contributed by atoms with Crippen LogP contribution in [0.5, 0.6) is 0 Å². The van der Waals surface area contributed by atoms with E-state index in [1.807, 2.05) is 30.5 Å². The van der Waals surface area contributed by atoms with Crippen LogP contribution >= 0.6 is 11.3 Å². The van der Waals surface area contributed by atoms with Crippen molar-refractivity contribution in [2.24, 2.45) is 11.8 Å². The van der Waals surface area contributed by atoms with Crippen LogP contribution in [0.3, 0.4) is 0 Å². The number of anilines is 1. The van der Waals surface area contributed by atoms with Gasteiger partial charge < -0.3 is 4.90 Å². The topological polar surface area (TPSA) is 57.7 Å². The fraction of sp³-hybridized carbons (Fsp3) is 0.435. The van der Waals surface area contributed by atoms with Gasteiger partial charge in [0.05, 0.1) is 28.4 Å². The predicted molar refractivity (Wildman–Crippen MR) is 117 cm³/mol. The first-order chi connectivity index (χ1) is 14.2. The summed E-state index contributed by atoms with van der Waals surface area (Å²) in [6, 6.07) is 9.96. The monoisotopic (exact) mass is 403 g/mol. The first-order valence-electron chi connectivity index (χ1n) is 10.5. The average molecular weight is 404 g/mol. The minimum Gasteiger partial charge on any atom is -0.348 e. The molecule has 1 aliphatic heterocycles. The molecule has 2 fully saturated rings. The molecule has 1 aromatic carbocycles. The summed E-state index contributed by atoms with van der Waals surface area (Å²) in [5, 5.41) is 14.8. The van der Waals surface area contributed by atoms with Crippen molar-refractivity contribution in [3.05, 3.63) is 42.2 Å². The van der Waals surface area contributed by atoms with E-state index in [0.29, 0.717) is 5.56 Å². The molecule has 29 heavy (non-hydrogen) atoms. The number of hydrogen-bond donors (Lipinski definition) is 0. The highest BCUT2D eigenvalue weighted by molar-refractivity contribution is 7.19. The quantitative estimate of drug-likeness (QED) is 0.588. The van der Waals surface area contributed by atoms with Crippen molar-refractivity contribution in [1.29, 1.82) is 5.26 Å². The molecule has 3 heterocycles. The molecule has 148 valence electrons. The summed E-state index contributed by atoms with van der Waals surface area (Å²) in [5.41, 5.74) is 3.87. The molecule has 0 amide bonds. The lowest BCUT2D eigenvalue weighted by Gasteiger charge is -2.29. The molecular formula is C23H25N5S. The predicted octanol–water partition coefficient (Wildman–Crippen LogP) is 5.19. The zero-order valence-electron chi connectivity index (χ0n) is 16.7. The lowest BCUT2D eigenvalue weighted by molar-refractivity contribution is 0.438. The molecule has 0 unspecified atom stereocenters. The molecular weight excluding hydrogens is 378 g/mol. The Balaban J connectivity index is 1.51. The van der Waals surface area contributed by atoms with E-state index in [1.54, 1.807) is 11.3 Å². The van der Waals surface area contributed by atoms with Crippen LogP contribution in [-0.2, 0) is 6.54 Å². The molecule has 5 rings (SSSR count). The number of benzene rings is 1. The van der Waals surface area contributed by atoms with Crippen molar-refractivity contribution in [1.82, 2.24) is 14.8 Å². The molecule has 1 saturated carbocycles. The highest BCUT2D eigenvalue weighted by Crippen LogP contribution is 2.41. The number of hydrogen-bond acceptors (Lipinski definition) is 5. The van der Waals surface area contributed by atoms with E-state index in [0.717, 1.165) is 53.4 Å². The van der Waals surface area contributed by atoms with Crippen LogP contribution in [0.4, 0.5) is 5.13 Å². The number of aromatic nitrogens is 3. The molecule has 3 aromatic rings. The van der Waals surface area contributed by atoms with Crippen LogP contribution in [0, 0.1) is 23.2 Å². The highest BCUT2D eigenvalue weighted by Gasteiger charge is 2.24. The lowest BCUT2D eigenvalue weighted by atomic mass is 10.00. The summed E-state index contributed by atoms with van der Waals surface area (Å²) < 4.78 is 2.08. The maximum atomic E-state index is 9.13. The third-order valence-corrected chi connectivity index (χ3v) is 7.16. The number of thiazole rings is 1. The van der Waals surface area contributed by atoms with E-state index >= 15 is 0 Å². The van der Waals surface area contributed by atoms with Gasteiger partial charge in [-0.25, -0.2) is 4.98 Å². The fourth-order valence-electron chi connectivity index (χ4n) is 3.88. The van der Waals surface area contributed by atoms with Crippen LogP contribution in [0.1, 0.15) is 38.2 Å². The summed E-state index contributed by atoms with van der Waals surface area (Å²) in [7, 11) is 0. The molecule has 5 nitrogen and oxygen atoms in total. The minimum atomic E-state index is 0.674. The summed E-state index contributed by atoms with van der Waals surface area (Å²) in [6.45, 7) is 5.49. The van der Waals surface area contributed by atoms with E-state index in [2.05, 4.69) is 33.9 Å². The van der Waals surface area contributed by atoms with Gasteiger partial charge in [0.1, 0.15) is 0 Å². The maximum absolute atomic E-state index is 9.13. The molecule has 2 aliphatic rings. The van der Waals surface area contributed by atoms with E-state index in [1.165, 1.54) is 30.6 Å². The van der Waals surface area contributed by atoms with E-state index in [-0.39, 0.29) is 0 Å². The Morgan fingerprint density at radius 3 is 2.55 bits per heavy atom. The number of piperidine rings is 1. The number of rotatable bonds is 5. The highest BCUT2D eigenvalue weighted by atomic mass is 32.1. The second-order valence-corrected chi connectivity index (χ2v) is 9.40. The van der Waals surface area contributed by atoms with Crippen molar-refractivity contribution < 1.29 is 0 Å². The van der Waals surface area contributed by atoms with Gasteiger partial charge in [-0.2, -0.15) is 10.4 Å². The zero-order chi connectivity index (χ0) is 19.8. The van der Waals surface area contributed by atoms with Crippen molar-refractivity contribution in [3.63, 3.8) is 0 Å². The zero-order valence-corrected chi connectivity index (χ0v) is 17.5. The van der Waals surface area contributed by atoms with Gasteiger partial charge in [-0.1, -0.05) is 30.4 Å². The first-order valence-corrected chi connectivity index (χ1v) is 11.3. The Kier molecular flexibility index (Phi) is 4.84. The SMILES string of the molecule is CC1CCN(c2nc(-c3ccc(C#N)cc3)c(-c3cnn(CC4CC4)c3)s2)CC1. The Morgan fingerprint density at radius 2 is 1.86 bits per heavy atom. The van der Waals surface area contributed by atoms with Crippen LogP contribution < -0.4 is 4.90 Å². The van der Waals surface area contributed by atoms with Crippen molar-refractivity contribution >= 4 is 16.5 Å². The van der Waals surface area contributed by atoms with Gasteiger partial charge >= 0.3 is 0 Å². The smallest absolute Gasteiger partial charge is 0.186 e. The molecule has 0 spiro atoms. The average Bonchev–Trinajstić information content (AvgIpc) is 3.25. The number of nitriles is 1. The normalized spacial score (nSPS) is 17.4. The number of nitrogens with zero attached hydrogens (tertiary/aromatic N) is 5. The molecule has 0 bridgehead atoms. The third-order valence-electron chi connectivity index (χ3n) is 6.00. The van der Waals surface area contributed by atoms with Gasteiger partial charge in [0.25, 0.3) is 0 Å². The van der Waals surface area contributed by atoms with Crippen molar-refractivity contribution in [3.8, 4) is 27.8 Å². The minimum absolute atomic E-state index is 0.674. The molecule has 2 aromatic heterocycles. The first kappa shape index (κ1) is 18.4. The van der Waals surface area contributed by atoms with Gasteiger partial charge in [-0.15, -0.1) is 0 Å². The molecule has 6 heteroatoms. The van der Waals surface area contributed by atoms with Crippen molar-refractivity contribution in [2.75, 3.05) is 18.0 Å². The van der Waals surface area contributed by atoms with E-state index in [4.69, 9.17) is 10.2 Å². The van der Waals surface area contributed by atoms with Crippen LogP contribution in [-0.4, -0.2) is 27.9 Å². The van der Waals surface area contributed by atoms with Gasteiger partial charge in [0.2, 0.25) is 0 Å². The Bertz CT molecular complexity index is 1030. The fourth-order valence-corrected chi connectivity index (χ4v) is 5.00. The Hall–Kier alpha value is -2.65. The van der Waals surface area contributed by atoms with Crippen LogP contribution in [0.2, 0.25) is 0 Å². The lowest BCUT2D eigenvalue weighted by Crippen LogP contribution is -2.32. The van der Waals surface area contributed by atoms with Crippen LogP contribution in [0.25, 0.3) is 21.7 Å². The maximum Gasteiger partial charge on any atom is 0.186 e. The summed E-state index contributed by atoms with van der Waals surface area (Å²) in [4.78, 5) is 8.67. The molecule has 1 aliphatic carbocycles. The van der Waals surface area contributed by atoms with Gasteiger partial charge in [0, 0.05) is 37.0 Å². The van der Waals surface area contributed by atoms with Gasteiger partial charge in [-0.3, -0.25) is 4.68 Å². The van der Waals surface area contributed by atoms with Crippen LogP contribution in [0.15, 0.2) is 36.7 Å². The summed E-state index contributed by atoms with van der Waals surface area (Å²) >= 11 is 1.77. The Labute approximate surface area is 175 Å². The molecule has 0 N–H and O–H groups in total. The van der Waals surface area contributed by atoms with Gasteiger partial charge in [-0.05, 0) is 49.7 Å². The second-order valence-electron chi connectivity index (χ2n) is 8.43. The second kappa shape index (κ2) is 7.64. The Morgan fingerprint density at radius 1 is 1.10 bits per heavy atom. The van der Waals surface area contributed by atoms with E-state index < -0.39 is 0 Å². The van der Waals surface area contributed by atoms with E-state index in [9.17, 15) is 0 Å².